The number of fused-ring (bicyclic) bond motifs is 1. The van der Waals surface area contributed by atoms with Gasteiger partial charge in [0.2, 0.25) is 5.95 Å². The number of nitrogens with one attached hydrogen (secondary N) is 1. The van der Waals surface area contributed by atoms with Crippen molar-refractivity contribution in [3.8, 4) is 11.5 Å². The molecule has 3 aromatic rings. The van der Waals surface area contributed by atoms with E-state index in [9.17, 15) is 23.1 Å². The van der Waals surface area contributed by atoms with Crippen LogP contribution in [0.3, 0.4) is 0 Å². The van der Waals surface area contributed by atoms with E-state index >= 15 is 0 Å². The molecule has 2 aromatic carbocycles. The third-order valence-electron chi connectivity index (χ3n) is 6.32. The largest absolute Gasteiger partial charge is 0.573 e. The fraction of sp³-hybridized carbons (Fsp3) is 0.440. The first-order valence-corrected chi connectivity index (χ1v) is 11.4. The predicted octanol–water partition coefficient (Wildman–Crippen LogP) is 6.46. The maximum Gasteiger partial charge on any atom is 0.573 e. The van der Waals surface area contributed by atoms with Crippen molar-refractivity contribution in [2.75, 3.05) is 12.4 Å². The molecular weight excluding hydrogens is 463 g/mol. The SMILES string of the molecule is COc1cc2c(cc1CC(=O)O)nc(Nc1ccc(OC(F)(F)F)cc1)n2C1CCCC(C)(C)C1. The maximum absolute atomic E-state index is 12.5. The Kier molecular flexibility index (Phi) is 6.57. The molecule has 1 atom stereocenters. The summed E-state index contributed by atoms with van der Waals surface area (Å²) in [5.41, 5.74) is 2.62. The van der Waals surface area contributed by atoms with Crippen LogP contribution in [0.5, 0.6) is 11.5 Å². The van der Waals surface area contributed by atoms with Gasteiger partial charge in [-0.05, 0) is 55.0 Å². The molecule has 35 heavy (non-hydrogen) atoms. The number of hydrogen-bond donors (Lipinski definition) is 2. The number of benzene rings is 2. The van der Waals surface area contributed by atoms with E-state index in [-0.39, 0.29) is 23.6 Å². The van der Waals surface area contributed by atoms with Crippen LogP contribution < -0.4 is 14.8 Å². The lowest BCUT2D eigenvalue weighted by molar-refractivity contribution is -0.274. The number of rotatable bonds is 7. The third kappa shape index (κ3) is 5.80. The predicted molar refractivity (Wildman–Crippen MR) is 125 cm³/mol. The van der Waals surface area contributed by atoms with Gasteiger partial charge < -0.3 is 24.5 Å². The average Bonchev–Trinajstić information content (AvgIpc) is 3.09. The Labute approximate surface area is 200 Å². The fourth-order valence-corrected chi connectivity index (χ4v) is 4.86. The number of anilines is 2. The Balaban J connectivity index is 1.76. The summed E-state index contributed by atoms with van der Waals surface area (Å²) in [4.78, 5) is 16.1. The molecule has 7 nitrogen and oxygen atoms in total. The number of nitrogens with zero attached hydrogens (tertiary/aromatic N) is 2. The third-order valence-corrected chi connectivity index (χ3v) is 6.32. The zero-order valence-electron chi connectivity index (χ0n) is 19.8. The molecule has 1 saturated carbocycles. The Bertz CT molecular complexity index is 1220. The van der Waals surface area contributed by atoms with Gasteiger partial charge in [0.15, 0.2) is 0 Å². The second-order valence-electron chi connectivity index (χ2n) is 9.64. The summed E-state index contributed by atoms with van der Waals surface area (Å²) in [5, 5.41) is 12.5. The highest BCUT2D eigenvalue weighted by Crippen LogP contribution is 2.44. The monoisotopic (exact) mass is 491 g/mol. The van der Waals surface area contributed by atoms with Crippen molar-refractivity contribution in [2.24, 2.45) is 5.41 Å². The highest BCUT2D eigenvalue weighted by molar-refractivity contribution is 5.84. The summed E-state index contributed by atoms with van der Waals surface area (Å²) in [5.74, 6) is -0.290. The van der Waals surface area contributed by atoms with Crippen LogP contribution in [-0.4, -0.2) is 34.1 Å². The summed E-state index contributed by atoms with van der Waals surface area (Å²) < 4.78 is 49.1. The molecule has 2 N–H and O–H groups in total. The van der Waals surface area contributed by atoms with Crippen molar-refractivity contribution >= 4 is 28.6 Å². The van der Waals surface area contributed by atoms with Crippen LogP contribution in [0, 0.1) is 5.41 Å². The van der Waals surface area contributed by atoms with Gasteiger partial charge in [0, 0.05) is 23.4 Å². The Morgan fingerprint density at radius 3 is 2.57 bits per heavy atom. The number of aliphatic carboxylic acids is 1. The van der Waals surface area contributed by atoms with Gasteiger partial charge in [-0.15, -0.1) is 13.2 Å². The van der Waals surface area contributed by atoms with Gasteiger partial charge in [0.25, 0.3) is 0 Å². The summed E-state index contributed by atoms with van der Waals surface area (Å²) >= 11 is 0. The molecule has 1 fully saturated rings. The first kappa shape index (κ1) is 24.7. The molecule has 0 bridgehead atoms. The number of carbonyl (C=O) groups is 1. The number of methoxy groups -OCH3 is 1. The second kappa shape index (κ2) is 9.31. The minimum atomic E-state index is -4.76. The summed E-state index contributed by atoms with van der Waals surface area (Å²) in [6.45, 7) is 4.46. The lowest BCUT2D eigenvalue weighted by atomic mass is 9.75. The molecule has 1 aliphatic carbocycles. The summed E-state index contributed by atoms with van der Waals surface area (Å²) in [6.07, 6.45) is -0.929. The van der Waals surface area contributed by atoms with Gasteiger partial charge in [-0.2, -0.15) is 0 Å². The number of ether oxygens (including phenoxy) is 2. The topological polar surface area (TPSA) is 85.6 Å². The minimum Gasteiger partial charge on any atom is -0.496 e. The number of imidazole rings is 1. The van der Waals surface area contributed by atoms with Gasteiger partial charge >= 0.3 is 12.3 Å². The molecule has 0 saturated heterocycles. The lowest BCUT2D eigenvalue weighted by Gasteiger charge is -2.36. The van der Waals surface area contributed by atoms with Crippen molar-refractivity contribution in [3.05, 3.63) is 42.0 Å². The van der Waals surface area contributed by atoms with E-state index in [4.69, 9.17) is 9.72 Å². The molecule has 4 rings (SSSR count). The number of halogens is 3. The van der Waals surface area contributed by atoms with Crippen molar-refractivity contribution in [1.29, 1.82) is 0 Å². The molecular formula is C25H28F3N3O4. The van der Waals surface area contributed by atoms with Crippen LogP contribution in [0.4, 0.5) is 24.8 Å². The molecule has 188 valence electrons. The van der Waals surface area contributed by atoms with E-state index < -0.39 is 12.3 Å². The molecule has 10 heteroatoms. The molecule has 1 unspecified atom stereocenters. The van der Waals surface area contributed by atoms with E-state index in [0.717, 1.165) is 31.2 Å². The van der Waals surface area contributed by atoms with Crippen LogP contribution >= 0.6 is 0 Å². The van der Waals surface area contributed by atoms with Gasteiger partial charge in [-0.25, -0.2) is 4.98 Å². The summed E-state index contributed by atoms with van der Waals surface area (Å²) in [6, 6.07) is 9.12. The maximum atomic E-state index is 12.5. The van der Waals surface area contributed by atoms with E-state index in [1.807, 2.05) is 6.07 Å². The first-order valence-electron chi connectivity index (χ1n) is 11.4. The number of alkyl halides is 3. The van der Waals surface area contributed by atoms with Crippen molar-refractivity contribution in [2.45, 2.75) is 58.4 Å². The average molecular weight is 492 g/mol. The molecule has 1 heterocycles. The molecule has 1 aromatic heterocycles. The van der Waals surface area contributed by atoms with Crippen molar-refractivity contribution in [3.63, 3.8) is 0 Å². The standard InChI is InChI=1S/C25H28F3N3O4/c1-24(2)10-4-5-17(14-24)31-20-13-21(34-3)15(12-22(32)33)11-19(20)30-23(31)29-16-6-8-18(9-7-16)35-25(26,27)28/h6-9,11,13,17H,4-5,10,12,14H2,1-3H3,(H,29,30)(H,32,33). The minimum absolute atomic E-state index is 0.133. The first-order chi connectivity index (χ1) is 16.4. The highest BCUT2D eigenvalue weighted by atomic mass is 19.4. The van der Waals surface area contributed by atoms with E-state index in [1.165, 1.54) is 31.4 Å². The Morgan fingerprint density at radius 2 is 1.97 bits per heavy atom. The number of carboxylic acid groups (broad SMARTS) is 1. The number of hydrogen-bond acceptors (Lipinski definition) is 5. The van der Waals surface area contributed by atoms with Crippen LogP contribution in [0.15, 0.2) is 36.4 Å². The van der Waals surface area contributed by atoms with Crippen LogP contribution in [0.2, 0.25) is 0 Å². The van der Waals surface area contributed by atoms with E-state index in [1.54, 1.807) is 6.07 Å². The van der Waals surface area contributed by atoms with E-state index in [0.29, 0.717) is 28.5 Å². The number of aromatic nitrogens is 2. The molecule has 0 spiro atoms. The number of carboxylic acids is 1. The van der Waals surface area contributed by atoms with Crippen molar-refractivity contribution < 1.29 is 32.5 Å². The van der Waals surface area contributed by atoms with Gasteiger partial charge in [-0.1, -0.05) is 20.3 Å². The molecule has 1 aliphatic rings. The van der Waals surface area contributed by atoms with Crippen LogP contribution in [-0.2, 0) is 11.2 Å². The normalized spacial score (nSPS) is 17.8. The highest BCUT2D eigenvalue weighted by Gasteiger charge is 2.32. The smallest absolute Gasteiger partial charge is 0.496 e. The Hall–Kier alpha value is -3.43. The van der Waals surface area contributed by atoms with Gasteiger partial charge in [0.05, 0.1) is 24.6 Å². The van der Waals surface area contributed by atoms with Crippen molar-refractivity contribution in [1.82, 2.24) is 9.55 Å². The van der Waals surface area contributed by atoms with Gasteiger partial charge in [0.1, 0.15) is 11.5 Å². The molecule has 0 amide bonds. The molecule has 0 aliphatic heterocycles. The van der Waals surface area contributed by atoms with E-state index in [2.05, 4.69) is 28.5 Å². The molecule has 0 radical (unpaired) electrons. The Morgan fingerprint density at radius 1 is 1.26 bits per heavy atom. The van der Waals surface area contributed by atoms with Gasteiger partial charge in [-0.3, -0.25) is 4.79 Å². The second-order valence-corrected chi connectivity index (χ2v) is 9.64. The quantitative estimate of drug-likeness (QED) is 0.395. The van der Waals surface area contributed by atoms with Crippen LogP contribution in [0.1, 0.15) is 51.1 Å². The lowest BCUT2D eigenvalue weighted by Crippen LogP contribution is -2.25. The zero-order valence-corrected chi connectivity index (χ0v) is 19.8. The fourth-order valence-electron chi connectivity index (χ4n) is 4.86. The summed E-state index contributed by atoms with van der Waals surface area (Å²) in [7, 11) is 1.50. The van der Waals surface area contributed by atoms with Crippen LogP contribution in [0.25, 0.3) is 11.0 Å². The zero-order chi connectivity index (χ0) is 25.4.